The van der Waals surface area contributed by atoms with Crippen molar-refractivity contribution in [3.63, 3.8) is 0 Å². The lowest BCUT2D eigenvalue weighted by molar-refractivity contribution is -0.120. The van der Waals surface area contributed by atoms with Gasteiger partial charge in [0.2, 0.25) is 0 Å². The van der Waals surface area contributed by atoms with Crippen molar-refractivity contribution in [2.45, 2.75) is 20.0 Å². The molecule has 0 aromatic heterocycles. The number of rotatable bonds is 0. The second kappa shape index (κ2) is 1.86. The molecule has 0 unspecified atom stereocenters. The predicted molar refractivity (Wildman–Crippen MR) is 29.6 cm³/mol. The van der Waals surface area contributed by atoms with E-state index in [0.717, 1.165) is 0 Å². The highest BCUT2D eigenvalue weighted by Gasteiger charge is 2.27. The zero-order valence-electron chi connectivity index (χ0n) is 5.18. The van der Waals surface area contributed by atoms with Gasteiger partial charge in [-0.1, -0.05) is 6.92 Å². The predicted octanol–water partition coefficient (Wildman–Crippen LogP) is 0.610. The lowest BCUT2D eigenvalue weighted by Crippen LogP contribution is -2.12. The van der Waals surface area contributed by atoms with Gasteiger partial charge in [-0.3, -0.25) is 4.79 Å². The molecule has 0 spiro atoms. The zero-order chi connectivity index (χ0) is 6.15. The van der Waals surface area contributed by atoms with Crippen molar-refractivity contribution in [1.82, 2.24) is 0 Å². The van der Waals surface area contributed by atoms with E-state index in [1.165, 1.54) is 0 Å². The summed E-state index contributed by atoms with van der Waals surface area (Å²) in [6, 6.07) is 0. The van der Waals surface area contributed by atoms with Crippen LogP contribution in [0.2, 0.25) is 0 Å². The van der Waals surface area contributed by atoms with E-state index < -0.39 is 0 Å². The van der Waals surface area contributed by atoms with Crippen LogP contribution >= 0.6 is 0 Å². The molecule has 2 nitrogen and oxygen atoms in total. The molecule has 46 valence electrons. The molecule has 8 heavy (non-hydrogen) atoms. The molecule has 0 radical (unpaired) electrons. The number of carbonyl (C=O) groups is 1. The highest BCUT2D eigenvalue weighted by Crippen LogP contribution is 2.15. The van der Waals surface area contributed by atoms with Gasteiger partial charge in [0.25, 0.3) is 0 Å². The second-order valence-electron chi connectivity index (χ2n) is 2.27. The lowest BCUT2D eigenvalue weighted by atomic mass is 10.1. The maximum absolute atomic E-state index is 10.7. The highest BCUT2D eigenvalue weighted by molar-refractivity contribution is 5.83. The fraction of sp³-hybridized carbons (Fsp3) is 0.833. The third-order valence-electron chi connectivity index (χ3n) is 1.70. The highest BCUT2D eigenvalue weighted by atomic mass is 16.5. The van der Waals surface area contributed by atoms with E-state index in [2.05, 4.69) is 0 Å². The molecule has 1 heterocycles. The maximum atomic E-state index is 10.7. The van der Waals surface area contributed by atoms with Crippen LogP contribution in [0.15, 0.2) is 0 Å². The second-order valence-corrected chi connectivity index (χ2v) is 2.27. The van der Waals surface area contributed by atoms with Crippen molar-refractivity contribution >= 4 is 5.78 Å². The molecular formula is C6H10O2. The van der Waals surface area contributed by atoms with Crippen LogP contribution in [-0.2, 0) is 9.53 Å². The third kappa shape index (κ3) is 0.757. The summed E-state index contributed by atoms with van der Waals surface area (Å²) in [5.74, 6) is 0.354. The van der Waals surface area contributed by atoms with Crippen LogP contribution in [0.5, 0.6) is 0 Å². The fourth-order valence-corrected chi connectivity index (χ4v) is 0.751. The monoisotopic (exact) mass is 114 g/mol. The Morgan fingerprint density at radius 2 is 2.25 bits per heavy atom. The molecular weight excluding hydrogens is 104 g/mol. The molecule has 1 rings (SSSR count). The number of hydrogen-bond donors (Lipinski definition) is 0. The van der Waals surface area contributed by atoms with Crippen LogP contribution in [0.1, 0.15) is 13.8 Å². The Labute approximate surface area is 48.8 Å². The number of ether oxygens (including phenoxy) is 1. The lowest BCUT2D eigenvalue weighted by Gasteiger charge is -2.02. The fourth-order valence-electron chi connectivity index (χ4n) is 0.751. The summed E-state index contributed by atoms with van der Waals surface area (Å²) in [6.07, 6.45) is 0.141. The molecule has 0 N–H and O–H groups in total. The molecule has 1 saturated heterocycles. The number of carbonyl (C=O) groups excluding carboxylic acids is 1. The minimum absolute atomic E-state index is 0.120. The van der Waals surface area contributed by atoms with E-state index in [-0.39, 0.29) is 17.8 Å². The largest absolute Gasteiger partial charge is 0.370 e. The van der Waals surface area contributed by atoms with Crippen molar-refractivity contribution in [1.29, 1.82) is 0 Å². The minimum Gasteiger partial charge on any atom is -0.370 e. The zero-order valence-corrected chi connectivity index (χ0v) is 5.18. The average molecular weight is 114 g/mol. The summed E-state index contributed by atoms with van der Waals surface area (Å²) in [4.78, 5) is 10.7. The summed E-state index contributed by atoms with van der Waals surface area (Å²) in [5.41, 5.74) is 0. The maximum Gasteiger partial charge on any atom is 0.163 e. The number of ketones is 1. The minimum atomic E-state index is 0.120. The summed E-state index contributed by atoms with van der Waals surface area (Å²) in [5, 5.41) is 0. The molecule has 1 fully saturated rings. The average Bonchev–Trinajstić information content (AvgIpc) is 1.98. The molecule has 0 saturated carbocycles. The molecule has 0 aromatic rings. The molecule has 1 aliphatic heterocycles. The van der Waals surface area contributed by atoms with Gasteiger partial charge in [0, 0.05) is 5.92 Å². The van der Waals surface area contributed by atoms with E-state index in [1.54, 1.807) is 0 Å². The number of hydrogen-bond acceptors (Lipinski definition) is 2. The Morgan fingerprint density at radius 3 is 2.38 bits per heavy atom. The van der Waals surface area contributed by atoms with Crippen molar-refractivity contribution in [2.24, 2.45) is 5.92 Å². The Bertz CT molecular complexity index is 109. The SMILES string of the molecule is C[C@H]1OCC(=O)[C@@H]1C. The number of Topliss-reactive ketones (excluding diaryl/α,β-unsaturated/α-hetero) is 1. The van der Waals surface area contributed by atoms with Gasteiger partial charge < -0.3 is 4.74 Å². The van der Waals surface area contributed by atoms with Crippen LogP contribution < -0.4 is 0 Å². The Kier molecular flexibility index (Phi) is 1.34. The van der Waals surface area contributed by atoms with E-state index in [4.69, 9.17) is 4.74 Å². The topological polar surface area (TPSA) is 26.3 Å². The van der Waals surface area contributed by atoms with Gasteiger partial charge in [-0.15, -0.1) is 0 Å². The quantitative estimate of drug-likeness (QED) is 0.461. The van der Waals surface area contributed by atoms with Crippen LogP contribution in [0.25, 0.3) is 0 Å². The molecule has 0 bridgehead atoms. The third-order valence-corrected chi connectivity index (χ3v) is 1.70. The van der Waals surface area contributed by atoms with E-state index >= 15 is 0 Å². The smallest absolute Gasteiger partial charge is 0.163 e. The first-order valence-corrected chi connectivity index (χ1v) is 2.86. The first-order valence-electron chi connectivity index (χ1n) is 2.86. The van der Waals surface area contributed by atoms with Crippen LogP contribution in [0.4, 0.5) is 0 Å². The van der Waals surface area contributed by atoms with Gasteiger partial charge in [0.15, 0.2) is 5.78 Å². The standard InChI is InChI=1S/C6H10O2/c1-4-5(2)8-3-6(4)7/h4-5H,3H2,1-2H3/t4-,5-/m1/s1. The molecule has 1 aliphatic rings. The van der Waals surface area contributed by atoms with Crippen molar-refractivity contribution in [3.8, 4) is 0 Å². The summed E-state index contributed by atoms with van der Waals surface area (Å²) >= 11 is 0. The molecule has 0 amide bonds. The van der Waals surface area contributed by atoms with E-state index in [1.807, 2.05) is 13.8 Å². The van der Waals surface area contributed by atoms with Crippen LogP contribution in [-0.4, -0.2) is 18.5 Å². The van der Waals surface area contributed by atoms with Gasteiger partial charge in [0.1, 0.15) is 6.61 Å². The Morgan fingerprint density at radius 1 is 1.62 bits per heavy atom. The van der Waals surface area contributed by atoms with Gasteiger partial charge >= 0.3 is 0 Å². The first kappa shape index (κ1) is 5.76. The van der Waals surface area contributed by atoms with Crippen LogP contribution in [0, 0.1) is 5.92 Å². The normalized spacial score (nSPS) is 38.5. The van der Waals surface area contributed by atoms with Crippen molar-refractivity contribution in [2.75, 3.05) is 6.61 Å². The van der Waals surface area contributed by atoms with Gasteiger partial charge in [-0.2, -0.15) is 0 Å². The molecule has 2 heteroatoms. The van der Waals surface area contributed by atoms with Gasteiger partial charge in [0.05, 0.1) is 6.10 Å². The van der Waals surface area contributed by atoms with E-state index in [0.29, 0.717) is 6.61 Å². The van der Waals surface area contributed by atoms with Crippen molar-refractivity contribution < 1.29 is 9.53 Å². The first-order chi connectivity index (χ1) is 3.72. The van der Waals surface area contributed by atoms with E-state index in [9.17, 15) is 4.79 Å². The molecule has 0 aromatic carbocycles. The van der Waals surface area contributed by atoms with Crippen LogP contribution in [0.3, 0.4) is 0 Å². The molecule has 0 aliphatic carbocycles. The summed E-state index contributed by atoms with van der Waals surface area (Å²) in [7, 11) is 0. The summed E-state index contributed by atoms with van der Waals surface area (Å²) in [6.45, 7) is 4.15. The van der Waals surface area contributed by atoms with Crippen molar-refractivity contribution in [3.05, 3.63) is 0 Å². The van der Waals surface area contributed by atoms with Gasteiger partial charge in [-0.25, -0.2) is 0 Å². The Balaban J connectivity index is 2.56. The summed E-state index contributed by atoms with van der Waals surface area (Å²) < 4.78 is 5.03. The molecule has 2 atom stereocenters. The van der Waals surface area contributed by atoms with Gasteiger partial charge in [-0.05, 0) is 6.92 Å². The Hall–Kier alpha value is -0.370.